The second-order valence-corrected chi connectivity index (χ2v) is 11.8. The summed E-state index contributed by atoms with van der Waals surface area (Å²) in [5.41, 5.74) is -0.612. The third-order valence-corrected chi connectivity index (χ3v) is 8.34. The van der Waals surface area contributed by atoms with Gasteiger partial charge < -0.3 is 59.8 Å². The van der Waals surface area contributed by atoms with E-state index < -0.39 is 57.6 Å². The predicted octanol–water partition coefficient (Wildman–Crippen LogP) is 5.04. The molecule has 4 aromatic carbocycles. The van der Waals surface area contributed by atoms with E-state index in [0.29, 0.717) is 0 Å². The molecule has 0 amide bonds. The van der Waals surface area contributed by atoms with Gasteiger partial charge in [0.25, 0.3) is 0 Å². The molecule has 0 radical (unpaired) electrons. The molecule has 0 atom stereocenters. The largest absolute Gasteiger partial charge is 0.507 e. The first-order chi connectivity index (χ1) is 25.3. The number of rotatable bonds is 12. The molecular formula is C38H40O16. The number of hydrogen-bond acceptors (Lipinski definition) is 16. The minimum atomic E-state index is -0.516. The van der Waals surface area contributed by atoms with Crippen molar-refractivity contribution in [2.24, 2.45) is 0 Å². The fourth-order valence-electron chi connectivity index (χ4n) is 5.87. The van der Waals surface area contributed by atoms with Crippen LogP contribution in [0, 0.1) is 0 Å². The van der Waals surface area contributed by atoms with Gasteiger partial charge in [-0.3, -0.25) is 19.2 Å². The van der Waals surface area contributed by atoms with E-state index in [-0.39, 0.29) is 91.8 Å². The second kappa shape index (κ2) is 16.7. The van der Waals surface area contributed by atoms with Gasteiger partial charge in [-0.05, 0) is 27.7 Å². The fraction of sp³-hybridized carbons (Fsp3) is 0.263. The van der Waals surface area contributed by atoms with Gasteiger partial charge in [0.15, 0.2) is 23.1 Å². The molecule has 0 aliphatic carbocycles. The van der Waals surface area contributed by atoms with Crippen molar-refractivity contribution in [1.29, 1.82) is 0 Å². The van der Waals surface area contributed by atoms with Crippen LogP contribution in [0.25, 0.3) is 0 Å². The number of carbonyl (C=O) groups is 4. The first-order valence-corrected chi connectivity index (χ1v) is 15.8. The highest BCUT2D eigenvalue weighted by Gasteiger charge is 2.28. The summed E-state index contributed by atoms with van der Waals surface area (Å²) in [7, 11) is 5.07. The molecule has 54 heavy (non-hydrogen) atoms. The number of aromatic hydroxyl groups is 8. The molecule has 0 spiro atoms. The van der Waals surface area contributed by atoms with Crippen LogP contribution in [-0.2, 0) is 12.8 Å². The molecule has 0 aromatic heterocycles. The summed E-state index contributed by atoms with van der Waals surface area (Å²) in [6.45, 7) is 4.89. The van der Waals surface area contributed by atoms with Gasteiger partial charge in [0.2, 0.25) is 0 Å². The Hall–Kier alpha value is -6.84. The van der Waals surface area contributed by atoms with Crippen LogP contribution in [0.4, 0.5) is 0 Å². The molecule has 0 saturated carbocycles. The highest BCUT2D eigenvalue weighted by Crippen LogP contribution is 2.46. The van der Waals surface area contributed by atoms with Gasteiger partial charge in [-0.25, -0.2) is 0 Å². The maximum absolute atomic E-state index is 11.9. The lowest BCUT2D eigenvalue weighted by Gasteiger charge is -2.18. The molecule has 0 fully saturated rings. The molecule has 16 heteroatoms. The number of hydrogen-bond donors (Lipinski definition) is 8. The van der Waals surface area contributed by atoms with Crippen molar-refractivity contribution in [2.45, 2.75) is 40.5 Å². The molecular weight excluding hydrogens is 712 g/mol. The maximum atomic E-state index is 11.9. The van der Waals surface area contributed by atoms with Gasteiger partial charge >= 0.3 is 0 Å². The third kappa shape index (κ3) is 7.96. The van der Waals surface area contributed by atoms with Gasteiger partial charge in [0.05, 0.1) is 28.4 Å². The Morgan fingerprint density at radius 2 is 0.685 bits per heavy atom. The van der Waals surface area contributed by atoms with E-state index in [1.165, 1.54) is 68.3 Å². The highest BCUT2D eigenvalue weighted by atomic mass is 16.5. The average molecular weight is 753 g/mol. The molecule has 8 N–H and O–H groups in total. The second-order valence-electron chi connectivity index (χ2n) is 11.8. The minimum absolute atomic E-state index is 0.00688. The van der Waals surface area contributed by atoms with Gasteiger partial charge in [-0.2, -0.15) is 0 Å². The Labute approximate surface area is 308 Å². The molecule has 0 aliphatic heterocycles. The molecule has 288 valence electrons. The van der Waals surface area contributed by atoms with E-state index in [0.717, 1.165) is 12.1 Å². The number of phenols is 8. The van der Waals surface area contributed by atoms with Gasteiger partial charge in [-0.15, -0.1) is 0 Å². The quantitative estimate of drug-likeness (QED) is 0.0880. The van der Waals surface area contributed by atoms with Crippen LogP contribution < -0.4 is 18.9 Å². The van der Waals surface area contributed by atoms with Crippen LogP contribution >= 0.6 is 0 Å². The summed E-state index contributed by atoms with van der Waals surface area (Å²) in [5, 5.41) is 81.9. The van der Waals surface area contributed by atoms with Crippen molar-refractivity contribution in [3.63, 3.8) is 0 Å². The molecule has 0 heterocycles. The predicted molar refractivity (Wildman–Crippen MR) is 191 cm³/mol. The Morgan fingerprint density at radius 3 is 0.926 bits per heavy atom. The maximum Gasteiger partial charge on any atom is 0.167 e. The van der Waals surface area contributed by atoms with E-state index in [1.807, 2.05) is 0 Å². The lowest BCUT2D eigenvalue weighted by Crippen LogP contribution is -2.05. The average Bonchev–Trinajstić information content (AvgIpc) is 3.07. The van der Waals surface area contributed by atoms with E-state index in [4.69, 9.17) is 18.9 Å². The summed E-state index contributed by atoms with van der Waals surface area (Å²) in [4.78, 5) is 47.4. The zero-order chi connectivity index (χ0) is 40.9. The summed E-state index contributed by atoms with van der Waals surface area (Å²) in [6.07, 6.45) is -0.561. The molecule has 16 nitrogen and oxygen atoms in total. The molecule has 4 aromatic rings. The number of Topliss-reactive ketones (excluding diaryl/α,β-unsaturated/α-hetero) is 4. The third-order valence-electron chi connectivity index (χ3n) is 8.34. The smallest absolute Gasteiger partial charge is 0.167 e. The van der Waals surface area contributed by atoms with Crippen molar-refractivity contribution in [1.82, 2.24) is 0 Å². The summed E-state index contributed by atoms with van der Waals surface area (Å²) in [5.74, 6) is -5.73. The van der Waals surface area contributed by atoms with Crippen molar-refractivity contribution in [2.75, 3.05) is 28.4 Å². The van der Waals surface area contributed by atoms with Crippen LogP contribution in [-0.4, -0.2) is 92.4 Å². The normalized spacial score (nSPS) is 10.5. The van der Waals surface area contributed by atoms with Gasteiger partial charge in [0.1, 0.15) is 91.2 Å². The highest BCUT2D eigenvalue weighted by molar-refractivity contribution is 6.03. The standard InChI is InChI=1S/2C19H20O8/c2*1-8(20)16-14(24)6-12(22)11(19(16)27-4)5-10-13(23)7-15(26-3)17(9(2)21)18(10)25/h2*6-7,22-25H,5H2,1-4H3. The zero-order valence-electron chi connectivity index (χ0n) is 30.6. The van der Waals surface area contributed by atoms with Crippen LogP contribution in [0.5, 0.6) is 69.0 Å². The van der Waals surface area contributed by atoms with Crippen LogP contribution in [0.2, 0.25) is 0 Å². The zero-order valence-corrected chi connectivity index (χ0v) is 30.6. The van der Waals surface area contributed by atoms with Crippen molar-refractivity contribution in [3.05, 3.63) is 68.8 Å². The lowest BCUT2D eigenvalue weighted by atomic mass is 9.94. The number of carbonyl (C=O) groups excluding carboxylic acids is 4. The number of ketones is 4. The van der Waals surface area contributed by atoms with Crippen LogP contribution in [0.3, 0.4) is 0 Å². The van der Waals surface area contributed by atoms with Crippen molar-refractivity contribution in [3.8, 4) is 69.0 Å². The summed E-state index contributed by atoms with van der Waals surface area (Å²) >= 11 is 0. The van der Waals surface area contributed by atoms with Crippen LogP contribution in [0.15, 0.2) is 24.3 Å². The summed E-state index contributed by atoms with van der Waals surface area (Å²) in [6, 6.07) is 4.28. The van der Waals surface area contributed by atoms with Crippen LogP contribution in [0.1, 0.15) is 91.4 Å². The van der Waals surface area contributed by atoms with Crippen molar-refractivity contribution >= 4 is 23.1 Å². The molecule has 0 unspecified atom stereocenters. The van der Waals surface area contributed by atoms with E-state index in [9.17, 15) is 60.0 Å². The molecule has 0 aliphatic rings. The molecule has 0 saturated heterocycles. The number of methoxy groups -OCH3 is 4. The molecule has 0 bridgehead atoms. The van der Waals surface area contributed by atoms with E-state index in [2.05, 4.69) is 0 Å². The fourth-order valence-corrected chi connectivity index (χ4v) is 5.87. The Kier molecular flexibility index (Phi) is 12.8. The first-order valence-electron chi connectivity index (χ1n) is 15.8. The monoisotopic (exact) mass is 752 g/mol. The Balaban J connectivity index is 0.000000290. The number of benzene rings is 4. The van der Waals surface area contributed by atoms with Crippen molar-refractivity contribution < 1.29 is 79.0 Å². The Bertz CT molecular complexity index is 2010. The number of phenolic OH excluding ortho intramolecular Hbond substituents is 8. The molecule has 4 rings (SSSR count). The van der Waals surface area contributed by atoms with E-state index >= 15 is 0 Å². The lowest BCUT2D eigenvalue weighted by molar-refractivity contribution is 0.0998. The topological polar surface area (TPSA) is 267 Å². The minimum Gasteiger partial charge on any atom is -0.507 e. The first kappa shape index (κ1) is 41.6. The Morgan fingerprint density at radius 1 is 0.407 bits per heavy atom. The van der Waals surface area contributed by atoms with Gasteiger partial charge in [0, 0.05) is 59.4 Å². The summed E-state index contributed by atoms with van der Waals surface area (Å²) < 4.78 is 20.4. The number of ether oxygens (including phenoxy) is 4. The van der Waals surface area contributed by atoms with E-state index in [1.54, 1.807) is 0 Å². The van der Waals surface area contributed by atoms with Gasteiger partial charge in [-0.1, -0.05) is 0 Å². The SMILES string of the molecule is COc1cc(O)c(Cc2c(O)cc(O)c(C(C)=O)c2OC)c(O)c1C(C)=O.COc1cc(O)c(Cc2c(O)cc(O)c(C(C)=O)c2OC)c(O)c1C(C)=O.